The summed E-state index contributed by atoms with van der Waals surface area (Å²) in [5.74, 6) is 0.232. The molecular weight excluding hydrogens is 370 g/mol. The fourth-order valence-electron chi connectivity index (χ4n) is 2.64. The average molecular weight is 396 g/mol. The van der Waals surface area contributed by atoms with Crippen molar-refractivity contribution in [2.75, 3.05) is 19.7 Å². The Balaban J connectivity index is 2.03. The van der Waals surface area contributed by atoms with Gasteiger partial charge >= 0.3 is 0 Å². The lowest BCUT2D eigenvalue weighted by molar-refractivity contribution is 0.0969. The summed E-state index contributed by atoms with van der Waals surface area (Å²) in [4.78, 5) is 14.6. The molecule has 5 nitrogen and oxygen atoms in total. The first-order valence-corrected chi connectivity index (χ1v) is 9.79. The highest BCUT2D eigenvalue weighted by molar-refractivity contribution is 7.80. The van der Waals surface area contributed by atoms with E-state index in [1.54, 1.807) is 18.2 Å². The predicted molar refractivity (Wildman–Crippen MR) is 114 cm³/mol. The number of nitrogens with zero attached hydrogens (tertiary/aromatic N) is 2. The van der Waals surface area contributed by atoms with Crippen molar-refractivity contribution < 1.29 is 9.53 Å². The van der Waals surface area contributed by atoms with E-state index in [0.717, 1.165) is 12.8 Å². The molecule has 2 aromatic carbocycles. The zero-order valence-electron chi connectivity index (χ0n) is 16.1. The van der Waals surface area contributed by atoms with Crippen LogP contribution < -0.4 is 10.1 Å². The molecule has 0 aliphatic heterocycles. The SMILES string of the molecule is CCCOc1ccccc1C(=O)NC(=S)N(CCC#N)CCc1ccccc1. The minimum atomic E-state index is -0.307. The minimum absolute atomic E-state index is 0.307. The topological polar surface area (TPSA) is 65.4 Å². The molecule has 0 atom stereocenters. The van der Waals surface area contributed by atoms with E-state index in [4.69, 9.17) is 22.2 Å². The number of ether oxygens (including phenoxy) is 1. The van der Waals surface area contributed by atoms with Crippen molar-refractivity contribution in [1.29, 1.82) is 5.26 Å². The molecule has 0 unspecified atom stereocenters. The fourth-order valence-corrected chi connectivity index (χ4v) is 2.92. The molecule has 2 aromatic rings. The fraction of sp³-hybridized carbons (Fsp3) is 0.318. The molecule has 6 heteroatoms. The molecule has 1 N–H and O–H groups in total. The molecule has 0 saturated heterocycles. The van der Waals surface area contributed by atoms with Gasteiger partial charge in [0.1, 0.15) is 5.75 Å². The molecule has 0 aromatic heterocycles. The summed E-state index contributed by atoms with van der Waals surface area (Å²) >= 11 is 5.45. The Morgan fingerprint density at radius 3 is 2.57 bits per heavy atom. The van der Waals surface area contributed by atoms with Crippen LogP contribution in [0.25, 0.3) is 0 Å². The van der Waals surface area contributed by atoms with Gasteiger partial charge in [-0.1, -0.05) is 49.4 Å². The summed E-state index contributed by atoms with van der Waals surface area (Å²) in [6.45, 7) is 3.65. The van der Waals surface area contributed by atoms with Crippen LogP contribution in [0, 0.1) is 11.3 Å². The Morgan fingerprint density at radius 1 is 1.14 bits per heavy atom. The number of hydrogen-bond acceptors (Lipinski definition) is 4. The second kappa shape index (κ2) is 11.7. The van der Waals surface area contributed by atoms with Gasteiger partial charge in [0, 0.05) is 13.1 Å². The van der Waals surface area contributed by atoms with Gasteiger partial charge in [-0.3, -0.25) is 10.1 Å². The van der Waals surface area contributed by atoms with Gasteiger partial charge in [-0.25, -0.2) is 0 Å². The first kappa shape index (κ1) is 21.4. The number of nitriles is 1. The van der Waals surface area contributed by atoms with Gasteiger partial charge in [0.05, 0.1) is 24.7 Å². The second-order valence-electron chi connectivity index (χ2n) is 6.23. The van der Waals surface area contributed by atoms with Crippen LogP contribution >= 0.6 is 12.2 Å². The molecule has 28 heavy (non-hydrogen) atoms. The highest BCUT2D eigenvalue weighted by atomic mass is 32.1. The smallest absolute Gasteiger partial charge is 0.261 e. The normalized spacial score (nSPS) is 10.0. The number of thiocarbonyl (C=S) groups is 1. The van der Waals surface area contributed by atoms with E-state index in [1.807, 2.05) is 48.2 Å². The third-order valence-electron chi connectivity index (χ3n) is 4.11. The van der Waals surface area contributed by atoms with Crippen molar-refractivity contribution in [3.05, 3.63) is 65.7 Å². The molecule has 0 heterocycles. The van der Waals surface area contributed by atoms with Gasteiger partial charge in [0.25, 0.3) is 5.91 Å². The van der Waals surface area contributed by atoms with E-state index in [2.05, 4.69) is 11.4 Å². The maximum Gasteiger partial charge on any atom is 0.261 e. The lowest BCUT2D eigenvalue weighted by Crippen LogP contribution is -2.44. The quantitative estimate of drug-likeness (QED) is 0.651. The highest BCUT2D eigenvalue weighted by Crippen LogP contribution is 2.18. The van der Waals surface area contributed by atoms with Crippen LogP contribution in [-0.2, 0) is 6.42 Å². The molecule has 1 amide bonds. The van der Waals surface area contributed by atoms with E-state index in [0.29, 0.717) is 42.5 Å². The minimum Gasteiger partial charge on any atom is -0.493 e. The van der Waals surface area contributed by atoms with E-state index in [-0.39, 0.29) is 5.91 Å². The first-order chi connectivity index (χ1) is 13.7. The Kier molecular flexibility index (Phi) is 8.96. The zero-order valence-corrected chi connectivity index (χ0v) is 16.9. The van der Waals surface area contributed by atoms with Crippen molar-refractivity contribution in [2.45, 2.75) is 26.2 Å². The van der Waals surface area contributed by atoms with Gasteiger partial charge < -0.3 is 9.64 Å². The summed E-state index contributed by atoms with van der Waals surface area (Å²) in [5, 5.41) is 12.0. The van der Waals surface area contributed by atoms with E-state index < -0.39 is 0 Å². The maximum absolute atomic E-state index is 12.7. The lowest BCUT2D eigenvalue weighted by atomic mass is 10.1. The van der Waals surface area contributed by atoms with Crippen LogP contribution in [0.2, 0.25) is 0 Å². The summed E-state index contributed by atoms with van der Waals surface area (Å²) in [6, 6.07) is 19.3. The summed E-state index contributed by atoms with van der Waals surface area (Å²) < 4.78 is 5.66. The Bertz CT molecular complexity index is 818. The summed E-state index contributed by atoms with van der Waals surface area (Å²) in [7, 11) is 0. The van der Waals surface area contributed by atoms with Crippen molar-refractivity contribution in [2.24, 2.45) is 0 Å². The summed E-state index contributed by atoms with van der Waals surface area (Å²) in [5.41, 5.74) is 1.62. The zero-order chi connectivity index (χ0) is 20.2. The van der Waals surface area contributed by atoms with Gasteiger partial charge in [-0.15, -0.1) is 0 Å². The largest absolute Gasteiger partial charge is 0.493 e. The van der Waals surface area contributed by atoms with E-state index in [1.165, 1.54) is 5.56 Å². The summed E-state index contributed by atoms with van der Waals surface area (Å²) in [6.07, 6.45) is 1.97. The molecular formula is C22H25N3O2S. The average Bonchev–Trinajstić information content (AvgIpc) is 2.73. The number of benzene rings is 2. The predicted octanol–water partition coefficient (Wildman–Crippen LogP) is 3.95. The van der Waals surface area contributed by atoms with Crippen molar-refractivity contribution >= 4 is 23.2 Å². The number of para-hydroxylation sites is 1. The molecule has 0 aliphatic carbocycles. The van der Waals surface area contributed by atoms with Crippen molar-refractivity contribution in [3.8, 4) is 11.8 Å². The molecule has 2 rings (SSSR count). The van der Waals surface area contributed by atoms with Gasteiger partial charge in [0.15, 0.2) is 5.11 Å². The number of carbonyl (C=O) groups excluding carboxylic acids is 1. The van der Waals surface area contributed by atoms with E-state index in [9.17, 15) is 4.79 Å². The van der Waals surface area contributed by atoms with Crippen LogP contribution in [0.3, 0.4) is 0 Å². The van der Waals surface area contributed by atoms with Gasteiger partial charge in [-0.05, 0) is 42.8 Å². The molecule has 0 bridgehead atoms. The molecule has 146 valence electrons. The van der Waals surface area contributed by atoms with Gasteiger partial charge in [0.2, 0.25) is 0 Å². The number of hydrogen-bond donors (Lipinski definition) is 1. The second-order valence-corrected chi connectivity index (χ2v) is 6.62. The molecule has 0 fully saturated rings. The Morgan fingerprint density at radius 2 is 1.86 bits per heavy atom. The lowest BCUT2D eigenvalue weighted by Gasteiger charge is -2.24. The number of rotatable bonds is 9. The third-order valence-corrected chi connectivity index (χ3v) is 4.47. The van der Waals surface area contributed by atoms with Crippen LogP contribution in [0.4, 0.5) is 0 Å². The highest BCUT2D eigenvalue weighted by Gasteiger charge is 2.17. The van der Waals surface area contributed by atoms with Crippen LogP contribution in [0.5, 0.6) is 5.75 Å². The van der Waals surface area contributed by atoms with Crippen molar-refractivity contribution in [3.63, 3.8) is 0 Å². The van der Waals surface area contributed by atoms with E-state index >= 15 is 0 Å². The van der Waals surface area contributed by atoms with Crippen LogP contribution in [0.1, 0.15) is 35.7 Å². The Labute approximate surface area is 171 Å². The maximum atomic E-state index is 12.7. The number of carbonyl (C=O) groups is 1. The van der Waals surface area contributed by atoms with Crippen LogP contribution in [-0.4, -0.2) is 35.6 Å². The number of amides is 1. The Hall–Kier alpha value is -2.91. The molecule has 0 radical (unpaired) electrons. The first-order valence-electron chi connectivity index (χ1n) is 9.38. The third kappa shape index (κ3) is 6.67. The molecule has 0 saturated carbocycles. The monoisotopic (exact) mass is 395 g/mol. The van der Waals surface area contributed by atoms with Crippen LogP contribution in [0.15, 0.2) is 54.6 Å². The molecule has 0 spiro atoms. The standard InChI is InChI=1S/C22H25N3O2S/c1-2-17-27-20-12-7-6-11-19(20)21(26)24-22(28)25(15-8-14-23)16-13-18-9-4-3-5-10-18/h3-7,9-12H,2,8,13,15-17H2,1H3,(H,24,26,28). The molecule has 0 aliphatic rings. The number of nitrogens with one attached hydrogen (secondary N) is 1. The van der Waals surface area contributed by atoms with Crippen molar-refractivity contribution in [1.82, 2.24) is 10.2 Å². The van der Waals surface area contributed by atoms with Gasteiger partial charge in [-0.2, -0.15) is 5.26 Å².